The first-order valence-corrected chi connectivity index (χ1v) is 5.25. The summed E-state index contributed by atoms with van der Waals surface area (Å²) in [5.41, 5.74) is 0.917. The van der Waals surface area contributed by atoms with Crippen LogP contribution in [0.2, 0.25) is 0 Å². The van der Waals surface area contributed by atoms with E-state index < -0.39 is 0 Å². The molecule has 3 heteroatoms. The van der Waals surface area contributed by atoms with Gasteiger partial charge in [-0.05, 0) is 11.9 Å². The van der Waals surface area contributed by atoms with Crippen molar-refractivity contribution in [1.29, 1.82) is 0 Å². The second-order valence-corrected chi connectivity index (χ2v) is 3.43. The molecule has 0 aliphatic rings. The zero-order chi connectivity index (χ0) is 9.64. The third-order valence-corrected chi connectivity index (χ3v) is 2.37. The molecule has 0 aliphatic heterocycles. The maximum atomic E-state index is 4.09. The second-order valence-electron chi connectivity index (χ2n) is 2.76. The van der Waals surface area contributed by atoms with Crippen LogP contribution in [0.4, 0.5) is 0 Å². The highest BCUT2D eigenvalue weighted by Gasteiger charge is 1.86. The van der Waals surface area contributed by atoms with Gasteiger partial charge in [0.05, 0.1) is 13.9 Å². The third-order valence-electron chi connectivity index (χ3n) is 1.78. The smallest absolute Gasteiger partial charge is 0.0936 e. The summed E-state index contributed by atoms with van der Waals surface area (Å²) in [5.74, 6) is 2.04. The molecule has 0 radical (unpaired) electrons. The number of nitrogens with zero attached hydrogens (tertiary/aromatic N) is 2. The summed E-state index contributed by atoms with van der Waals surface area (Å²) in [5, 5.41) is 5.21. The molecule has 0 bridgehead atoms. The first-order valence-electron chi connectivity index (χ1n) is 4.33. The molecule has 2 nitrogen and oxygen atoms in total. The van der Waals surface area contributed by atoms with Crippen molar-refractivity contribution in [2.75, 3.05) is 0 Å². The highest BCUT2D eigenvalue weighted by molar-refractivity contribution is 7.24. The summed E-state index contributed by atoms with van der Waals surface area (Å²) in [6.07, 6.45) is 0. The van der Waals surface area contributed by atoms with Gasteiger partial charge in [0.2, 0.25) is 0 Å². The van der Waals surface area contributed by atoms with Crippen molar-refractivity contribution in [3.05, 3.63) is 54.3 Å². The van der Waals surface area contributed by atoms with E-state index in [0.717, 1.165) is 19.3 Å². The molecule has 1 heterocycles. The first kappa shape index (κ1) is 9.04. The molecule has 0 saturated carbocycles. The van der Waals surface area contributed by atoms with E-state index in [1.54, 1.807) is 0 Å². The molecular formula is C11H9N2P. The van der Waals surface area contributed by atoms with Gasteiger partial charge in [-0.1, -0.05) is 42.5 Å². The van der Waals surface area contributed by atoms with Crippen LogP contribution < -0.4 is 0 Å². The Morgan fingerprint density at radius 2 is 1.57 bits per heavy atom. The number of fused-ring (bicyclic) bond motifs is 1. The fraction of sp³-hybridized carbons (Fsp3) is 0. The Morgan fingerprint density at radius 3 is 2.43 bits per heavy atom. The summed E-state index contributed by atoms with van der Waals surface area (Å²) in [4.78, 5) is 3.94. The van der Waals surface area contributed by atoms with E-state index in [4.69, 9.17) is 0 Å². The standard InChI is InChI=1S/C11H9N2P/c1-2-4-6-8-11-10(7-5-3-1)9-14-13-12-11/h1-9H. The minimum Gasteiger partial charge on any atom is -0.146 e. The van der Waals surface area contributed by atoms with Crippen LogP contribution in [-0.4, -0.2) is 9.96 Å². The fourth-order valence-electron chi connectivity index (χ4n) is 1.11. The number of aromatic nitrogens is 2. The Morgan fingerprint density at radius 1 is 0.857 bits per heavy atom. The van der Waals surface area contributed by atoms with Crippen molar-refractivity contribution in [1.82, 2.24) is 9.96 Å². The van der Waals surface area contributed by atoms with Crippen LogP contribution in [0.5, 0.6) is 0 Å². The molecule has 0 saturated heterocycles. The van der Waals surface area contributed by atoms with Gasteiger partial charge in [-0.3, -0.25) is 0 Å². The van der Waals surface area contributed by atoms with Crippen LogP contribution in [0, 0.1) is 0 Å². The lowest BCUT2D eigenvalue weighted by atomic mass is 10.3. The Balaban J connectivity index is 2.76. The van der Waals surface area contributed by atoms with Gasteiger partial charge in [0.1, 0.15) is 0 Å². The van der Waals surface area contributed by atoms with E-state index in [9.17, 15) is 0 Å². The SMILES string of the molecule is c1ccccc2nnpcc2ccc1. The fourth-order valence-corrected chi connectivity index (χ4v) is 1.65. The Labute approximate surface area is 84.1 Å². The van der Waals surface area contributed by atoms with E-state index in [2.05, 4.69) is 9.96 Å². The lowest BCUT2D eigenvalue weighted by Crippen LogP contribution is -1.73. The van der Waals surface area contributed by atoms with Gasteiger partial charge in [0.15, 0.2) is 0 Å². The molecule has 1 aromatic carbocycles. The molecule has 2 rings (SSSR count). The number of rotatable bonds is 0. The molecule has 2 aromatic rings. The van der Waals surface area contributed by atoms with Crippen molar-refractivity contribution in [2.45, 2.75) is 0 Å². The van der Waals surface area contributed by atoms with Crippen LogP contribution in [0.3, 0.4) is 0 Å². The molecular weight excluding hydrogens is 191 g/mol. The summed E-state index contributed by atoms with van der Waals surface area (Å²) < 4.78 is 0. The molecule has 0 unspecified atom stereocenters. The van der Waals surface area contributed by atoms with Gasteiger partial charge < -0.3 is 0 Å². The van der Waals surface area contributed by atoms with E-state index in [-0.39, 0.29) is 0 Å². The minimum absolute atomic E-state index is 0.904. The van der Waals surface area contributed by atoms with Gasteiger partial charge in [-0.15, -0.1) is 9.96 Å². The lowest BCUT2D eigenvalue weighted by molar-refractivity contribution is 1.18. The van der Waals surface area contributed by atoms with Gasteiger partial charge in [0, 0.05) is 5.39 Å². The summed E-state index contributed by atoms with van der Waals surface area (Å²) in [6.45, 7) is 0. The third kappa shape index (κ3) is 2.24. The zero-order valence-corrected chi connectivity index (χ0v) is 8.43. The second kappa shape index (κ2) is 4.64. The van der Waals surface area contributed by atoms with Gasteiger partial charge in [-0.25, -0.2) is 0 Å². The first-order chi connectivity index (χ1) is 6.97. The van der Waals surface area contributed by atoms with Crippen molar-refractivity contribution in [2.24, 2.45) is 0 Å². The highest BCUT2D eigenvalue weighted by Crippen LogP contribution is 2.09. The maximum Gasteiger partial charge on any atom is 0.0936 e. The van der Waals surface area contributed by atoms with E-state index in [1.165, 1.54) is 0 Å². The molecule has 68 valence electrons. The zero-order valence-electron chi connectivity index (χ0n) is 7.54. The van der Waals surface area contributed by atoms with Crippen LogP contribution in [0.15, 0.2) is 54.3 Å². The number of hydrogen-bond acceptors (Lipinski definition) is 2. The summed E-state index contributed by atoms with van der Waals surface area (Å²) >= 11 is 0. The Kier molecular flexibility index (Phi) is 2.99. The highest BCUT2D eigenvalue weighted by atomic mass is 31.0. The monoisotopic (exact) mass is 200 g/mol. The molecule has 0 amide bonds. The summed E-state index contributed by atoms with van der Waals surface area (Å²) in [6, 6.07) is 15.9. The van der Waals surface area contributed by atoms with E-state index in [1.807, 2.05) is 54.3 Å². The molecule has 0 spiro atoms. The van der Waals surface area contributed by atoms with Crippen molar-refractivity contribution >= 4 is 19.3 Å². The predicted molar refractivity (Wildman–Crippen MR) is 59.7 cm³/mol. The van der Waals surface area contributed by atoms with Crippen molar-refractivity contribution < 1.29 is 0 Å². The number of hydrogen-bond donors (Lipinski definition) is 0. The van der Waals surface area contributed by atoms with Crippen LogP contribution >= 0.6 is 8.35 Å². The predicted octanol–water partition coefficient (Wildman–Crippen LogP) is 3.33. The topological polar surface area (TPSA) is 25.8 Å². The average Bonchev–Trinajstić information content (AvgIpc) is 2.25. The largest absolute Gasteiger partial charge is 0.146 e. The average molecular weight is 200 g/mol. The van der Waals surface area contributed by atoms with Crippen molar-refractivity contribution in [3.63, 3.8) is 0 Å². The van der Waals surface area contributed by atoms with Crippen LogP contribution in [0.1, 0.15) is 0 Å². The Bertz CT molecular complexity index is 438. The van der Waals surface area contributed by atoms with Crippen LogP contribution in [0.25, 0.3) is 10.9 Å². The quantitative estimate of drug-likeness (QED) is 0.651. The van der Waals surface area contributed by atoms with E-state index in [0.29, 0.717) is 0 Å². The molecule has 14 heavy (non-hydrogen) atoms. The molecule has 1 aromatic heterocycles. The molecule has 0 N–H and O–H groups in total. The lowest BCUT2D eigenvalue weighted by Gasteiger charge is -1.87. The van der Waals surface area contributed by atoms with Crippen molar-refractivity contribution in [3.8, 4) is 0 Å². The molecule has 0 aliphatic carbocycles. The maximum absolute atomic E-state index is 4.09. The van der Waals surface area contributed by atoms with Crippen LogP contribution in [-0.2, 0) is 0 Å². The Hall–Kier alpha value is -1.53. The molecule has 0 fully saturated rings. The molecule has 0 atom stereocenters. The summed E-state index contributed by atoms with van der Waals surface area (Å²) in [7, 11) is 0.904. The van der Waals surface area contributed by atoms with E-state index >= 15 is 0 Å². The normalized spacial score (nSPS) is 10.0. The minimum atomic E-state index is 0.904. The van der Waals surface area contributed by atoms with Gasteiger partial charge in [0.25, 0.3) is 0 Å². The van der Waals surface area contributed by atoms with Gasteiger partial charge in [-0.2, -0.15) is 0 Å². The van der Waals surface area contributed by atoms with Gasteiger partial charge >= 0.3 is 0 Å².